The summed E-state index contributed by atoms with van der Waals surface area (Å²) in [7, 11) is 1.62. The number of fused-ring (bicyclic) bond motifs is 3. The molecule has 3 amide bonds. The molecule has 2 unspecified atom stereocenters. The van der Waals surface area contributed by atoms with Crippen molar-refractivity contribution in [1.82, 2.24) is 14.7 Å². The number of ether oxygens (including phenoxy) is 2. The monoisotopic (exact) mass is 659 g/mol. The zero-order valence-electron chi connectivity index (χ0n) is 28.1. The Hall–Kier alpha value is -3.92. The van der Waals surface area contributed by atoms with E-state index >= 15 is 0 Å². The maximum Gasteiger partial charge on any atom is 0.410 e. The third kappa shape index (κ3) is 7.38. The van der Waals surface area contributed by atoms with Crippen molar-refractivity contribution in [3.63, 3.8) is 0 Å². The van der Waals surface area contributed by atoms with Crippen molar-refractivity contribution in [3.8, 4) is 11.1 Å². The average molecular weight is 660 g/mol. The van der Waals surface area contributed by atoms with Gasteiger partial charge < -0.3 is 24.4 Å². The van der Waals surface area contributed by atoms with Gasteiger partial charge in [0, 0.05) is 32.6 Å². The number of rotatable bonds is 12. The zero-order valence-corrected chi connectivity index (χ0v) is 28.1. The quantitative estimate of drug-likeness (QED) is 0.318. The Balaban J connectivity index is 1.25. The number of benzene rings is 2. The molecule has 0 spiro atoms. The summed E-state index contributed by atoms with van der Waals surface area (Å²) >= 11 is 0. The molecule has 2 aromatic rings. The number of amides is 3. The minimum atomic E-state index is -1.16. The van der Waals surface area contributed by atoms with E-state index in [9.17, 15) is 24.3 Å². The van der Waals surface area contributed by atoms with Crippen molar-refractivity contribution >= 4 is 23.9 Å². The second-order valence-corrected chi connectivity index (χ2v) is 13.9. The summed E-state index contributed by atoms with van der Waals surface area (Å²) in [5.41, 5.74) is 4.48. The third-order valence-electron chi connectivity index (χ3n) is 11.0. The van der Waals surface area contributed by atoms with E-state index < -0.39 is 30.6 Å². The first-order chi connectivity index (χ1) is 23.3. The Morgan fingerprint density at radius 1 is 0.896 bits per heavy atom. The summed E-state index contributed by atoms with van der Waals surface area (Å²) < 4.78 is 11.5. The lowest BCUT2D eigenvalue weighted by molar-refractivity contribution is -0.155. The highest BCUT2D eigenvalue weighted by molar-refractivity contribution is 5.93. The number of aliphatic carboxylic acids is 1. The van der Waals surface area contributed by atoms with Crippen LogP contribution in [0.2, 0.25) is 0 Å². The zero-order chi connectivity index (χ0) is 33.6. The molecule has 1 aliphatic heterocycles. The summed E-state index contributed by atoms with van der Waals surface area (Å²) in [6.45, 7) is 1.86. The van der Waals surface area contributed by atoms with Gasteiger partial charge in [0.1, 0.15) is 18.7 Å². The summed E-state index contributed by atoms with van der Waals surface area (Å²) in [6.07, 6.45) is 7.46. The first-order valence-electron chi connectivity index (χ1n) is 17.8. The molecule has 6 rings (SSSR count). The number of carbonyl (C=O) groups excluding carboxylic acids is 3. The molecule has 2 atom stereocenters. The van der Waals surface area contributed by atoms with Gasteiger partial charge in [0.2, 0.25) is 11.8 Å². The predicted octanol–water partition coefficient (Wildman–Crippen LogP) is 5.54. The van der Waals surface area contributed by atoms with E-state index in [0.717, 1.165) is 73.6 Å². The Morgan fingerprint density at radius 2 is 1.48 bits per heavy atom. The van der Waals surface area contributed by atoms with Crippen LogP contribution in [0.3, 0.4) is 0 Å². The van der Waals surface area contributed by atoms with Crippen LogP contribution in [0.5, 0.6) is 0 Å². The Bertz CT molecular complexity index is 1420. The van der Waals surface area contributed by atoms with E-state index in [1.165, 1.54) is 9.80 Å². The van der Waals surface area contributed by atoms with Crippen LogP contribution in [0.25, 0.3) is 11.1 Å². The maximum absolute atomic E-state index is 14.9. The van der Waals surface area contributed by atoms with Crippen molar-refractivity contribution in [2.45, 2.75) is 82.2 Å². The van der Waals surface area contributed by atoms with Crippen LogP contribution < -0.4 is 0 Å². The van der Waals surface area contributed by atoms with Crippen LogP contribution >= 0.6 is 0 Å². The molecule has 48 heavy (non-hydrogen) atoms. The fourth-order valence-corrected chi connectivity index (χ4v) is 8.47. The summed E-state index contributed by atoms with van der Waals surface area (Å²) in [6, 6.07) is 14.3. The lowest BCUT2D eigenvalue weighted by atomic mass is 9.93. The predicted molar refractivity (Wildman–Crippen MR) is 180 cm³/mol. The molecule has 4 aliphatic rings. The topological polar surface area (TPSA) is 117 Å². The minimum absolute atomic E-state index is 0.110. The van der Waals surface area contributed by atoms with Crippen molar-refractivity contribution in [3.05, 3.63) is 59.7 Å². The normalized spacial score (nSPS) is 19.4. The van der Waals surface area contributed by atoms with Gasteiger partial charge >= 0.3 is 12.1 Å². The summed E-state index contributed by atoms with van der Waals surface area (Å²) in [4.78, 5) is 59.5. The number of carboxylic acid groups (broad SMARTS) is 1. The molecular formula is C38H49N3O7. The number of carbonyl (C=O) groups is 4. The van der Waals surface area contributed by atoms with E-state index in [4.69, 9.17) is 9.47 Å². The molecule has 1 saturated heterocycles. The van der Waals surface area contributed by atoms with Gasteiger partial charge in [-0.25, -0.2) is 4.79 Å². The first-order valence-corrected chi connectivity index (χ1v) is 17.8. The van der Waals surface area contributed by atoms with Crippen molar-refractivity contribution in [1.29, 1.82) is 0 Å². The second kappa shape index (κ2) is 15.5. The lowest BCUT2D eigenvalue weighted by Gasteiger charge is -2.40. The number of carboxylic acids is 1. The number of hydrogen-bond acceptors (Lipinski definition) is 6. The summed E-state index contributed by atoms with van der Waals surface area (Å²) in [5, 5.41) is 9.98. The Morgan fingerprint density at radius 3 is 2.08 bits per heavy atom. The van der Waals surface area contributed by atoms with Gasteiger partial charge in [-0.05, 0) is 53.4 Å². The number of hydrogen-bond donors (Lipinski definition) is 1. The van der Waals surface area contributed by atoms with Gasteiger partial charge in [-0.1, -0.05) is 87.1 Å². The molecule has 0 bridgehead atoms. The Labute approximate surface area is 283 Å². The molecule has 2 saturated carbocycles. The molecule has 3 aliphatic carbocycles. The van der Waals surface area contributed by atoms with Crippen LogP contribution in [-0.4, -0.2) is 102 Å². The molecule has 258 valence electrons. The highest BCUT2D eigenvalue weighted by atomic mass is 16.6. The minimum Gasteiger partial charge on any atom is -0.481 e. The van der Waals surface area contributed by atoms with Gasteiger partial charge in [-0.2, -0.15) is 0 Å². The number of likely N-dealkylation sites (N-methyl/N-ethyl adjacent to an activating group) is 1. The molecule has 2 aromatic carbocycles. The molecule has 1 N–H and O–H groups in total. The molecule has 0 aromatic heterocycles. The summed E-state index contributed by atoms with van der Waals surface area (Å²) in [5.74, 6) is -1.67. The van der Waals surface area contributed by atoms with E-state index in [1.54, 1.807) is 11.9 Å². The Kier molecular flexibility index (Phi) is 11.0. The molecule has 10 nitrogen and oxygen atoms in total. The van der Waals surface area contributed by atoms with Gasteiger partial charge in [-0.3, -0.25) is 19.3 Å². The smallest absolute Gasteiger partial charge is 0.410 e. The molecule has 10 heteroatoms. The molecular weight excluding hydrogens is 610 g/mol. The first kappa shape index (κ1) is 34.0. The molecule has 1 heterocycles. The highest BCUT2D eigenvalue weighted by Gasteiger charge is 2.44. The largest absolute Gasteiger partial charge is 0.481 e. The highest BCUT2D eigenvalue weighted by Crippen LogP contribution is 2.44. The van der Waals surface area contributed by atoms with Gasteiger partial charge in [0.05, 0.1) is 19.6 Å². The van der Waals surface area contributed by atoms with E-state index in [1.807, 2.05) is 24.3 Å². The fourth-order valence-electron chi connectivity index (χ4n) is 8.47. The molecule has 3 fully saturated rings. The van der Waals surface area contributed by atoms with Crippen molar-refractivity contribution in [2.24, 2.45) is 11.8 Å². The number of morpholine rings is 1. The fraction of sp³-hybridized carbons (Fsp3) is 0.579. The van der Waals surface area contributed by atoms with E-state index in [-0.39, 0.29) is 36.8 Å². The van der Waals surface area contributed by atoms with Crippen LogP contribution in [0, 0.1) is 11.8 Å². The van der Waals surface area contributed by atoms with Crippen molar-refractivity contribution < 1.29 is 33.8 Å². The SMILES string of the molecule is CN(C(=O)OCC1c2ccccc2-c2ccccc21)C(C(=O)N(CCC1CCCC1)C(CC(=O)O)C(=O)N1CCOCC1)C1CCCC1. The van der Waals surface area contributed by atoms with Gasteiger partial charge in [-0.15, -0.1) is 0 Å². The van der Waals surface area contributed by atoms with E-state index in [2.05, 4.69) is 24.3 Å². The van der Waals surface area contributed by atoms with Gasteiger partial charge in [0.25, 0.3) is 0 Å². The van der Waals surface area contributed by atoms with Crippen LogP contribution in [0.15, 0.2) is 48.5 Å². The molecule has 0 radical (unpaired) electrons. The standard InChI is InChI=1S/C38H49N3O7/c1-39(38(46)48-25-32-30-16-8-6-14-28(30)29-15-7-9-17-31(29)32)35(27-12-4-5-13-27)37(45)41(19-18-26-10-2-3-11-26)33(24-34(42)43)36(44)40-20-22-47-23-21-40/h6-9,14-17,26-27,32-33,35H,2-5,10-13,18-25H2,1H3,(H,42,43). The third-order valence-corrected chi connectivity index (χ3v) is 11.0. The van der Waals surface area contributed by atoms with Gasteiger partial charge in [0.15, 0.2) is 0 Å². The van der Waals surface area contributed by atoms with Crippen LogP contribution in [-0.2, 0) is 23.9 Å². The maximum atomic E-state index is 14.9. The second-order valence-electron chi connectivity index (χ2n) is 13.9. The number of nitrogens with zero attached hydrogens (tertiary/aromatic N) is 3. The van der Waals surface area contributed by atoms with Crippen LogP contribution in [0.4, 0.5) is 4.79 Å². The van der Waals surface area contributed by atoms with Crippen LogP contribution in [0.1, 0.15) is 81.3 Å². The lowest BCUT2D eigenvalue weighted by Crippen LogP contribution is -2.60. The van der Waals surface area contributed by atoms with Crippen molar-refractivity contribution in [2.75, 3.05) is 46.5 Å². The van der Waals surface area contributed by atoms with E-state index in [0.29, 0.717) is 38.6 Å². The average Bonchev–Trinajstić information content (AvgIpc) is 3.89.